The molecule has 1 rings (SSSR count). The topological polar surface area (TPSA) is 64.0 Å². The molecule has 0 spiro atoms. The van der Waals surface area contributed by atoms with E-state index < -0.39 is 15.6 Å². The number of nitrogens with zero attached hydrogens (tertiary/aromatic N) is 2. The van der Waals surface area contributed by atoms with Crippen LogP contribution in [0.25, 0.3) is 0 Å². The van der Waals surface area contributed by atoms with Crippen molar-refractivity contribution >= 4 is 53.5 Å². The smallest absolute Gasteiger partial charge is 0.255 e. The van der Waals surface area contributed by atoms with Crippen LogP contribution in [0.5, 0.6) is 0 Å². The third-order valence-corrected chi connectivity index (χ3v) is 6.69. The summed E-state index contributed by atoms with van der Waals surface area (Å²) in [4.78, 5) is 0. The lowest BCUT2D eigenvalue weighted by Gasteiger charge is -2.25. The summed E-state index contributed by atoms with van der Waals surface area (Å²) < 4.78 is 28.2. The normalized spacial score (nSPS) is 13.0. The second kappa shape index (κ2) is 5.56. The van der Waals surface area contributed by atoms with Crippen molar-refractivity contribution in [1.82, 2.24) is 14.5 Å². The van der Waals surface area contributed by atoms with E-state index in [0.717, 1.165) is 0 Å². The molecule has 0 bridgehead atoms. The molecule has 0 aliphatic carbocycles. The number of rotatable bonds is 5. The molecule has 0 radical (unpaired) electrons. The van der Waals surface area contributed by atoms with Gasteiger partial charge in [-0.05, 0) is 6.92 Å². The van der Waals surface area contributed by atoms with Crippen LogP contribution in [0.15, 0.2) is 11.2 Å². The fraction of sp³-hybridized carbons (Fsp3) is 0.625. The van der Waals surface area contributed by atoms with Crippen molar-refractivity contribution < 1.29 is 8.42 Å². The highest BCUT2D eigenvalue weighted by Crippen LogP contribution is 2.22. The molecule has 0 fully saturated rings. The van der Waals surface area contributed by atoms with Gasteiger partial charge in [-0.1, -0.05) is 43.5 Å². The summed E-state index contributed by atoms with van der Waals surface area (Å²) in [6.07, 6.45) is 1.30. The monoisotopic (exact) mass is 407 g/mol. The first-order valence-corrected chi connectivity index (χ1v) is 8.69. The average Bonchev–Trinajstić information content (AvgIpc) is 2.58. The van der Waals surface area contributed by atoms with Crippen LogP contribution in [0.4, 0.5) is 0 Å². The zero-order valence-electron chi connectivity index (χ0n) is 9.24. The van der Waals surface area contributed by atoms with Crippen molar-refractivity contribution in [3.05, 3.63) is 11.2 Å². The number of hydrogen-bond acceptors (Lipinski definition) is 3. The minimum absolute atomic E-state index is 0.0349. The lowest BCUT2D eigenvalue weighted by Crippen LogP contribution is -2.49. The number of sulfonamides is 1. The summed E-state index contributed by atoms with van der Waals surface area (Å²) in [7, 11) is -2.17. The fourth-order valence-corrected chi connectivity index (χ4v) is 4.81. The molecule has 1 heterocycles. The minimum Gasteiger partial charge on any atom is -0.255 e. The van der Waals surface area contributed by atoms with Crippen molar-refractivity contribution in [2.45, 2.75) is 17.5 Å². The third kappa shape index (κ3) is 3.44. The van der Waals surface area contributed by atoms with E-state index in [2.05, 4.69) is 41.7 Å². The van der Waals surface area contributed by atoms with Gasteiger partial charge in [0.1, 0.15) is 0 Å². The van der Waals surface area contributed by atoms with Gasteiger partial charge in [0.15, 0.2) is 5.03 Å². The van der Waals surface area contributed by atoms with Crippen molar-refractivity contribution in [2.24, 2.45) is 7.05 Å². The largest absolute Gasteiger partial charge is 0.259 e. The third-order valence-electron chi connectivity index (χ3n) is 2.07. The number of aryl methyl sites for hydroxylation is 1. The maximum Gasteiger partial charge on any atom is 0.259 e. The Balaban J connectivity index is 3.14. The van der Waals surface area contributed by atoms with Crippen LogP contribution in [0.3, 0.4) is 0 Å². The molecule has 0 saturated carbocycles. The van der Waals surface area contributed by atoms with E-state index >= 15 is 0 Å². The summed E-state index contributed by atoms with van der Waals surface area (Å²) in [5.74, 6) is 0. The van der Waals surface area contributed by atoms with Crippen LogP contribution in [-0.2, 0) is 17.1 Å². The zero-order valence-corrected chi connectivity index (χ0v) is 14.0. The Hall–Kier alpha value is 0.370. The first kappa shape index (κ1) is 15.4. The van der Waals surface area contributed by atoms with Crippen LogP contribution in [0.2, 0.25) is 5.02 Å². The van der Waals surface area contributed by atoms with Gasteiger partial charge in [0, 0.05) is 23.2 Å². The molecule has 0 aliphatic rings. The Kier molecular flexibility index (Phi) is 5.05. The van der Waals surface area contributed by atoms with Crippen molar-refractivity contribution in [3.8, 4) is 0 Å². The fourth-order valence-electron chi connectivity index (χ4n) is 1.16. The molecule has 1 N–H and O–H groups in total. The molecule has 0 atom stereocenters. The summed E-state index contributed by atoms with van der Waals surface area (Å²) in [6, 6.07) is 0. The highest BCUT2D eigenvalue weighted by molar-refractivity contribution is 9.09. The highest BCUT2D eigenvalue weighted by atomic mass is 79.9. The number of hydrogen-bond donors (Lipinski definition) is 1. The number of halogens is 3. The van der Waals surface area contributed by atoms with Crippen LogP contribution in [0.1, 0.15) is 6.92 Å². The van der Waals surface area contributed by atoms with Crippen LogP contribution in [-0.4, -0.2) is 34.4 Å². The maximum absolute atomic E-state index is 12.2. The van der Waals surface area contributed by atoms with E-state index in [1.165, 1.54) is 17.9 Å². The summed E-state index contributed by atoms with van der Waals surface area (Å²) in [5.41, 5.74) is -0.633. The SMILES string of the molecule is Cn1ncc(Cl)c1S(=O)(=O)NC(C)(CBr)CBr. The van der Waals surface area contributed by atoms with Gasteiger partial charge in [-0.25, -0.2) is 13.1 Å². The van der Waals surface area contributed by atoms with E-state index in [4.69, 9.17) is 11.6 Å². The molecule has 98 valence electrons. The van der Waals surface area contributed by atoms with Crippen LogP contribution in [0, 0.1) is 0 Å². The van der Waals surface area contributed by atoms with Crippen LogP contribution < -0.4 is 4.72 Å². The predicted molar refractivity (Wildman–Crippen MR) is 74.5 cm³/mol. The van der Waals surface area contributed by atoms with Gasteiger partial charge in [0.05, 0.1) is 11.2 Å². The molecule has 1 aromatic heterocycles. The molecule has 0 saturated heterocycles. The molecule has 5 nitrogen and oxygen atoms in total. The van der Waals surface area contributed by atoms with E-state index in [1.54, 1.807) is 6.92 Å². The van der Waals surface area contributed by atoms with Gasteiger partial charge in [-0.3, -0.25) is 4.68 Å². The number of aromatic nitrogens is 2. The van der Waals surface area contributed by atoms with Crippen LogP contribution >= 0.6 is 43.5 Å². The highest BCUT2D eigenvalue weighted by Gasteiger charge is 2.32. The lowest BCUT2D eigenvalue weighted by atomic mass is 10.1. The zero-order chi connectivity index (χ0) is 13.3. The number of alkyl halides is 2. The van der Waals surface area contributed by atoms with Crippen molar-refractivity contribution in [2.75, 3.05) is 10.7 Å². The standard InChI is InChI=1S/C8H12Br2ClN3O2S/c1-8(4-9,5-10)13-17(15,16)7-6(11)3-12-14(7)2/h3,13H,4-5H2,1-2H3. The van der Waals surface area contributed by atoms with Gasteiger partial charge >= 0.3 is 0 Å². The Bertz CT molecular complexity index is 479. The summed E-state index contributed by atoms with van der Waals surface area (Å²) in [5, 5.41) is 4.82. The van der Waals surface area contributed by atoms with Gasteiger partial charge in [-0.2, -0.15) is 5.10 Å². The molecular weight excluding hydrogens is 397 g/mol. The van der Waals surface area contributed by atoms with E-state index in [1.807, 2.05) is 0 Å². The Labute approximate surface area is 122 Å². The first-order valence-electron chi connectivity index (χ1n) is 4.59. The molecular formula is C8H12Br2ClN3O2S. The van der Waals surface area contributed by atoms with Gasteiger partial charge in [-0.15, -0.1) is 0 Å². The Morgan fingerprint density at radius 2 is 2.06 bits per heavy atom. The van der Waals surface area contributed by atoms with E-state index in [0.29, 0.717) is 10.7 Å². The average molecular weight is 410 g/mol. The van der Waals surface area contributed by atoms with E-state index in [-0.39, 0.29) is 10.0 Å². The van der Waals surface area contributed by atoms with Gasteiger partial charge < -0.3 is 0 Å². The van der Waals surface area contributed by atoms with Gasteiger partial charge in [0.2, 0.25) is 0 Å². The van der Waals surface area contributed by atoms with Gasteiger partial charge in [0.25, 0.3) is 10.0 Å². The number of nitrogens with one attached hydrogen (secondary N) is 1. The summed E-state index contributed by atoms with van der Waals surface area (Å²) in [6.45, 7) is 1.78. The quantitative estimate of drug-likeness (QED) is 0.756. The molecule has 9 heteroatoms. The van der Waals surface area contributed by atoms with Crippen molar-refractivity contribution in [1.29, 1.82) is 0 Å². The predicted octanol–water partition coefficient (Wildman–Crippen LogP) is 1.90. The lowest BCUT2D eigenvalue weighted by molar-refractivity contribution is 0.500. The molecule has 0 aromatic carbocycles. The molecule has 0 amide bonds. The molecule has 1 aromatic rings. The Morgan fingerprint density at radius 3 is 2.41 bits per heavy atom. The maximum atomic E-state index is 12.2. The van der Waals surface area contributed by atoms with E-state index in [9.17, 15) is 8.42 Å². The molecule has 0 unspecified atom stereocenters. The molecule has 0 aliphatic heterocycles. The second-order valence-corrected chi connectivity index (χ2v) is 6.98. The first-order chi connectivity index (χ1) is 7.75. The van der Waals surface area contributed by atoms with Crippen molar-refractivity contribution in [3.63, 3.8) is 0 Å². The second-order valence-electron chi connectivity index (χ2n) is 3.85. The minimum atomic E-state index is -3.70. The summed E-state index contributed by atoms with van der Waals surface area (Å²) >= 11 is 12.4. The Morgan fingerprint density at radius 1 is 1.53 bits per heavy atom. The molecule has 17 heavy (non-hydrogen) atoms.